The number of carbonyl (C=O) groups is 2. The van der Waals surface area contributed by atoms with Crippen molar-refractivity contribution in [1.82, 2.24) is 5.01 Å². The van der Waals surface area contributed by atoms with Gasteiger partial charge in [-0.2, -0.15) is 5.10 Å². The van der Waals surface area contributed by atoms with Crippen molar-refractivity contribution in [2.75, 3.05) is 6.61 Å². The fourth-order valence-corrected chi connectivity index (χ4v) is 2.14. The molecule has 19 heavy (non-hydrogen) atoms. The van der Waals surface area contributed by atoms with Crippen LogP contribution in [0.25, 0.3) is 0 Å². The molecule has 2 rings (SSSR count). The van der Waals surface area contributed by atoms with Gasteiger partial charge in [-0.3, -0.25) is 9.59 Å². The number of amides is 1. The van der Waals surface area contributed by atoms with Gasteiger partial charge < -0.3 is 4.74 Å². The van der Waals surface area contributed by atoms with Crippen molar-refractivity contribution in [3.8, 4) is 0 Å². The molecule has 0 aromatic heterocycles. The molecule has 1 aromatic rings. The zero-order valence-corrected chi connectivity index (χ0v) is 12.0. The van der Waals surface area contributed by atoms with E-state index < -0.39 is 11.9 Å². The number of esters is 1. The Morgan fingerprint density at radius 3 is 2.89 bits per heavy atom. The van der Waals surface area contributed by atoms with Gasteiger partial charge in [0.1, 0.15) is 0 Å². The summed E-state index contributed by atoms with van der Waals surface area (Å²) in [6, 6.07) is 7.56. The van der Waals surface area contributed by atoms with Crippen LogP contribution in [0.1, 0.15) is 12.5 Å². The minimum absolute atomic E-state index is 0.251. The summed E-state index contributed by atoms with van der Waals surface area (Å²) in [5.41, 5.74) is 0.928. The van der Waals surface area contributed by atoms with Crippen LogP contribution >= 0.6 is 15.9 Å². The van der Waals surface area contributed by atoms with E-state index in [9.17, 15) is 9.59 Å². The third-order valence-electron chi connectivity index (χ3n) is 2.69. The number of hydrazone groups is 1. The molecule has 1 unspecified atom stereocenters. The number of rotatable bonds is 4. The minimum Gasteiger partial charge on any atom is -0.465 e. The summed E-state index contributed by atoms with van der Waals surface area (Å²) < 4.78 is 5.73. The van der Waals surface area contributed by atoms with Gasteiger partial charge in [-0.15, -0.1) is 0 Å². The molecule has 0 radical (unpaired) electrons. The lowest BCUT2D eigenvalue weighted by Crippen LogP contribution is -2.31. The standard InChI is InChI=1S/C13H13BrN2O3/c1-2-19-13(18)10-7-15-16(12(10)17)8-9-5-3-4-6-11(9)14/h3-7,10H,2,8H2,1H3. The van der Waals surface area contributed by atoms with Gasteiger partial charge in [0, 0.05) is 10.7 Å². The number of hydrogen-bond donors (Lipinski definition) is 0. The summed E-state index contributed by atoms with van der Waals surface area (Å²) in [6.07, 6.45) is 1.33. The first-order chi connectivity index (χ1) is 9.13. The average Bonchev–Trinajstić information content (AvgIpc) is 2.74. The molecule has 1 atom stereocenters. The van der Waals surface area contributed by atoms with Crippen LogP contribution in [0.4, 0.5) is 0 Å². The Morgan fingerprint density at radius 1 is 1.47 bits per heavy atom. The summed E-state index contributed by atoms with van der Waals surface area (Å²) in [6.45, 7) is 2.28. The van der Waals surface area contributed by atoms with Crippen LogP contribution < -0.4 is 0 Å². The molecule has 0 aliphatic carbocycles. The van der Waals surface area contributed by atoms with E-state index in [1.807, 2.05) is 24.3 Å². The van der Waals surface area contributed by atoms with E-state index in [-0.39, 0.29) is 12.5 Å². The highest BCUT2D eigenvalue weighted by Gasteiger charge is 2.35. The fraction of sp³-hybridized carbons (Fsp3) is 0.308. The average molecular weight is 325 g/mol. The van der Waals surface area contributed by atoms with Crippen LogP contribution in [0.2, 0.25) is 0 Å². The van der Waals surface area contributed by atoms with Gasteiger partial charge >= 0.3 is 5.97 Å². The molecule has 1 amide bonds. The highest BCUT2D eigenvalue weighted by atomic mass is 79.9. The van der Waals surface area contributed by atoms with E-state index in [1.54, 1.807) is 6.92 Å². The topological polar surface area (TPSA) is 59.0 Å². The normalized spacial score (nSPS) is 17.9. The molecule has 1 heterocycles. The highest BCUT2D eigenvalue weighted by Crippen LogP contribution is 2.21. The van der Waals surface area contributed by atoms with Crippen molar-refractivity contribution in [3.05, 3.63) is 34.3 Å². The van der Waals surface area contributed by atoms with E-state index in [0.29, 0.717) is 6.54 Å². The summed E-state index contributed by atoms with van der Waals surface area (Å²) in [4.78, 5) is 23.6. The second-order valence-electron chi connectivity index (χ2n) is 3.98. The van der Waals surface area contributed by atoms with Crippen molar-refractivity contribution in [2.45, 2.75) is 13.5 Å². The fourth-order valence-electron chi connectivity index (χ4n) is 1.73. The summed E-state index contributed by atoms with van der Waals surface area (Å²) in [5.74, 6) is -1.82. The molecule has 0 bridgehead atoms. The predicted molar refractivity (Wildman–Crippen MR) is 73.3 cm³/mol. The number of nitrogens with zero attached hydrogens (tertiary/aromatic N) is 2. The molecule has 0 spiro atoms. The Labute approximate surface area is 119 Å². The van der Waals surface area contributed by atoms with Gasteiger partial charge in [0.15, 0.2) is 5.92 Å². The second-order valence-corrected chi connectivity index (χ2v) is 4.84. The van der Waals surface area contributed by atoms with E-state index in [2.05, 4.69) is 21.0 Å². The number of halogens is 1. The van der Waals surface area contributed by atoms with Gasteiger partial charge in [-0.1, -0.05) is 34.1 Å². The van der Waals surface area contributed by atoms with Gasteiger partial charge in [0.25, 0.3) is 5.91 Å². The molecule has 1 aliphatic heterocycles. The summed E-state index contributed by atoms with van der Waals surface area (Å²) >= 11 is 3.41. The van der Waals surface area contributed by atoms with Gasteiger partial charge in [-0.05, 0) is 18.6 Å². The Balaban J connectivity index is 2.05. The third kappa shape index (κ3) is 3.01. The molecular weight excluding hydrogens is 312 g/mol. The van der Waals surface area contributed by atoms with Crippen LogP contribution in [-0.4, -0.2) is 29.7 Å². The lowest BCUT2D eigenvalue weighted by Gasteiger charge is -2.14. The van der Waals surface area contributed by atoms with Crippen LogP contribution in [0.15, 0.2) is 33.8 Å². The molecule has 1 aromatic carbocycles. The maximum absolute atomic E-state index is 12.0. The minimum atomic E-state index is -0.914. The van der Waals surface area contributed by atoms with Crippen molar-refractivity contribution in [2.24, 2.45) is 11.0 Å². The molecule has 6 heteroatoms. The van der Waals surface area contributed by atoms with Crippen LogP contribution in [0.3, 0.4) is 0 Å². The predicted octanol–water partition coefficient (Wildman–Crippen LogP) is 1.96. The van der Waals surface area contributed by atoms with E-state index in [1.165, 1.54) is 11.2 Å². The lowest BCUT2D eigenvalue weighted by molar-refractivity contribution is -0.151. The van der Waals surface area contributed by atoms with Crippen molar-refractivity contribution >= 4 is 34.0 Å². The quantitative estimate of drug-likeness (QED) is 0.628. The van der Waals surface area contributed by atoms with E-state index in [4.69, 9.17) is 4.74 Å². The monoisotopic (exact) mass is 324 g/mol. The lowest BCUT2D eigenvalue weighted by atomic mass is 10.1. The van der Waals surface area contributed by atoms with Gasteiger partial charge in [0.2, 0.25) is 0 Å². The first-order valence-electron chi connectivity index (χ1n) is 5.89. The summed E-state index contributed by atoms with van der Waals surface area (Å²) in [7, 11) is 0. The van der Waals surface area contributed by atoms with Crippen LogP contribution in [-0.2, 0) is 20.9 Å². The molecule has 1 aliphatic rings. The summed E-state index contributed by atoms with van der Waals surface area (Å²) in [5, 5.41) is 5.25. The zero-order chi connectivity index (χ0) is 13.8. The zero-order valence-electron chi connectivity index (χ0n) is 10.4. The van der Waals surface area contributed by atoms with Crippen molar-refractivity contribution in [3.63, 3.8) is 0 Å². The van der Waals surface area contributed by atoms with E-state index in [0.717, 1.165) is 10.0 Å². The smallest absolute Gasteiger partial charge is 0.324 e. The number of carbonyl (C=O) groups excluding carboxylic acids is 2. The number of hydrogen-bond acceptors (Lipinski definition) is 4. The first kappa shape index (κ1) is 13.7. The highest BCUT2D eigenvalue weighted by molar-refractivity contribution is 9.10. The second kappa shape index (κ2) is 5.97. The molecule has 0 saturated heterocycles. The van der Waals surface area contributed by atoms with Crippen molar-refractivity contribution in [1.29, 1.82) is 0 Å². The molecule has 0 N–H and O–H groups in total. The Morgan fingerprint density at radius 2 is 2.21 bits per heavy atom. The SMILES string of the molecule is CCOC(=O)C1C=NN(Cc2ccccc2Br)C1=O. The number of benzene rings is 1. The largest absolute Gasteiger partial charge is 0.465 e. The van der Waals surface area contributed by atoms with E-state index >= 15 is 0 Å². The Kier molecular flexibility index (Phi) is 4.31. The Bertz CT molecular complexity index is 530. The molecule has 0 fully saturated rings. The molecular formula is C13H13BrN2O3. The molecule has 100 valence electrons. The van der Waals surface area contributed by atoms with Gasteiger partial charge in [-0.25, -0.2) is 5.01 Å². The van der Waals surface area contributed by atoms with Crippen LogP contribution in [0.5, 0.6) is 0 Å². The maximum atomic E-state index is 12.0. The van der Waals surface area contributed by atoms with Crippen LogP contribution in [0, 0.1) is 5.92 Å². The van der Waals surface area contributed by atoms with Crippen molar-refractivity contribution < 1.29 is 14.3 Å². The maximum Gasteiger partial charge on any atom is 0.324 e. The third-order valence-corrected chi connectivity index (χ3v) is 3.47. The number of ether oxygens (including phenoxy) is 1. The first-order valence-corrected chi connectivity index (χ1v) is 6.68. The Hall–Kier alpha value is -1.69. The molecule has 5 nitrogen and oxygen atoms in total. The molecule has 0 saturated carbocycles. The van der Waals surface area contributed by atoms with Gasteiger partial charge in [0.05, 0.1) is 13.2 Å².